The molecule has 1 aliphatic rings. The molecule has 17 heavy (non-hydrogen) atoms. The minimum absolute atomic E-state index is 0.0738. The second-order valence-electron chi connectivity index (χ2n) is 4.55. The van der Waals surface area contributed by atoms with Crippen LogP contribution in [0, 0.1) is 0 Å². The topological polar surface area (TPSA) is 35.5 Å². The van der Waals surface area contributed by atoms with Crippen LogP contribution in [0.3, 0.4) is 0 Å². The van der Waals surface area contributed by atoms with Gasteiger partial charge < -0.3 is 0 Å². The summed E-state index contributed by atoms with van der Waals surface area (Å²) in [7, 11) is -3.17. The van der Waals surface area contributed by atoms with Crippen LogP contribution >= 0.6 is 7.60 Å². The van der Waals surface area contributed by atoms with Crippen LogP contribution in [0.25, 0.3) is 0 Å². The molecule has 1 aliphatic heterocycles. The van der Waals surface area contributed by atoms with E-state index < -0.39 is 13.2 Å². The molecule has 0 aromatic rings. The maximum atomic E-state index is 12.8. The zero-order valence-corrected chi connectivity index (χ0v) is 13.8. The quantitative estimate of drug-likeness (QED) is 0.568. The van der Waals surface area contributed by atoms with Crippen LogP contribution < -0.4 is 0 Å². The average Bonchev–Trinajstić information content (AvgIpc) is 2.42. The zero-order valence-electron chi connectivity index (χ0n) is 11.1. The van der Waals surface area contributed by atoms with Crippen molar-refractivity contribution in [3.63, 3.8) is 0 Å². The summed E-state index contributed by atoms with van der Waals surface area (Å²) >= 11 is 0.234. The molecule has 0 aromatic heterocycles. The van der Waals surface area contributed by atoms with Gasteiger partial charge in [0.05, 0.1) is 0 Å². The summed E-state index contributed by atoms with van der Waals surface area (Å²) in [6.07, 6.45) is 2.37. The van der Waals surface area contributed by atoms with E-state index >= 15 is 0 Å². The van der Waals surface area contributed by atoms with Crippen LogP contribution in [-0.4, -0.2) is 26.7 Å². The van der Waals surface area contributed by atoms with E-state index in [9.17, 15) is 4.57 Å². The summed E-state index contributed by atoms with van der Waals surface area (Å²) in [6.45, 7) is 11.5. The molecule has 0 saturated carbocycles. The normalized spacial score (nSPS) is 29.5. The molecule has 98 valence electrons. The van der Waals surface area contributed by atoms with Gasteiger partial charge in [-0.2, -0.15) is 0 Å². The fourth-order valence-electron chi connectivity index (χ4n) is 1.77. The molecule has 2 atom stereocenters. The van der Waals surface area contributed by atoms with Gasteiger partial charge in [0, 0.05) is 0 Å². The predicted molar refractivity (Wildman–Crippen MR) is 72.4 cm³/mol. The Morgan fingerprint density at radius 1 is 1.65 bits per heavy atom. The molecule has 2 unspecified atom stereocenters. The van der Waals surface area contributed by atoms with E-state index in [1.807, 2.05) is 27.7 Å². The first kappa shape index (κ1) is 15.2. The van der Waals surface area contributed by atoms with E-state index in [1.54, 1.807) is 6.08 Å². The summed E-state index contributed by atoms with van der Waals surface area (Å²) in [5.74, 6) is 2.09. The first-order valence-electron chi connectivity index (χ1n) is 5.71. The first-order valence-corrected chi connectivity index (χ1v) is 9.83. The Kier molecular flexibility index (Phi) is 4.85. The molecule has 0 aliphatic carbocycles. The Morgan fingerprint density at radius 3 is 2.65 bits per heavy atom. The van der Waals surface area contributed by atoms with Crippen molar-refractivity contribution in [2.45, 2.75) is 51.6 Å². The van der Waals surface area contributed by atoms with Crippen LogP contribution in [0.4, 0.5) is 0 Å². The van der Waals surface area contributed by atoms with Gasteiger partial charge in [-0.1, -0.05) is 0 Å². The first-order chi connectivity index (χ1) is 7.80. The number of hydrogen-bond donors (Lipinski definition) is 0. The molecule has 0 bridgehead atoms. The predicted octanol–water partition coefficient (Wildman–Crippen LogP) is 3.95. The summed E-state index contributed by atoms with van der Waals surface area (Å²) in [4.78, 5) is 0. The van der Waals surface area contributed by atoms with Gasteiger partial charge in [0.15, 0.2) is 0 Å². The fourth-order valence-corrected chi connectivity index (χ4v) is 7.13. The van der Waals surface area contributed by atoms with Gasteiger partial charge in [-0.05, 0) is 0 Å². The van der Waals surface area contributed by atoms with E-state index in [0.717, 1.165) is 10.9 Å². The van der Waals surface area contributed by atoms with Gasteiger partial charge in [-0.25, -0.2) is 0 Å². The molecular weight excluding hydrogens is 302 g/mol. The van der Waals surface area contributed by atoms with Crippen molar-refractivity contribution in [3.05, 3.63) is 22.4 Å². The summed E-state index contributed by atoms with van der Waals surface area (Å²) in [5.41, 5.74) is -0.499. The molecule has 0 saturated heterocycles. The molecular formula is C12H21O3PSe. The molecule has 0 N–H and O–H groups in total. The van der Waals surface area contributed by atoms with Crippen molar-refractivity contribution in [1.29, 1.82) is 0 Å². The second kappa shape index (κ2) is 5.42. The molecule has 0 amide bonds. The molecule has 3 nitrogen and oxygen atoms in total. The van der Waals surface area contributed by atoms with E-state index in [0.29, 0.717) is 5.31 Å². The molecule has 0 aromatic carbocycles. The van der Waals surface area contributed by atoms with Crippen LogP contribution in [-0.2, 0) is 13.6 Å². The molecule has 0 fully saturated rings. The van der Waals surface area contributed by atoms with Crippen molar-refractivity contribution >= 4 is 22.6 Å². The van der Waals surface area contributed by atoms with Gasteiger partial charge in [0.25, 0.3) is 0 Å². The molecule has 1 heterocycles. The third-order valence-corrected chi connectivity index (χ3v) is 7.73. The van der Waals surface area contributed by atoms with Gasteiger partial charge in [0.1, 0.15) is 0 Å². The standard InChI is InChI=1S/C12H21O3PSe/c1-7-9(3)14-16(13)10(8-2)11(17-6)12(4,5)15-16/h8-9H,2,7H2,1,3-6H3. The Morgan fingerprint density at radius 2 is 2.24 bits per heavy atom. The van der Waals surface area contributed by atoms with Crippen LogP contribution in [0.1, 0.15) is 34.1 Å². The fraction of sp³-hybridized carbons (Fsp3) is 0.667. The number of hydrogen-bond acceptors (Lipinski definition) is 3. The van der Waals surface area contributed by atoms with Crippen molar-refractivity contribution in [1.82, 2.24) is 0 Å². The van der Waals surface area contributed by atoms with Crippen LogP contribution in [0.2, 0.25) is 5.82 Å². The SMILES string of the molecule is C=CC1=C([Se]C)C(C)(C)OP1(=O)OC(C)CC. The van der Waals surface area contributed by atoms with Gasteiger partial charge >= 0.3 is 110 Å². The van der Waals surface area contributed by atoms with E-state index in [1.165, 1.54) is 0 Å². The van der Waals surface area contributed by atoms with E-state index in [-0.39, 0.29) is 21.1 Å². The summed E-state index contributed by atoms with van der Waals surface area (Å²) in [6, 6.07) is 0. The van der Waals surface area contributed by atoms with Gasteiger partial charge in [0.2, 0.25) is 0 Å². The number of allylic oxidation sites excluding steroid dienone is 2. The molecule has 0 spiro atoms. The second-order valence-corrected chi connectivity index (χ2v) is 8.13. The van der Waals surface area contributed by atoms with Crippen LogP contribution in [0.15, 0.2) is 22.4 Å². The van der Waals surface area contributed by atoms with Crippen LogP contribution in [0.5, 0.6) is 0 Å². The third kappa shape index (κ3) is 2.94. The van der Waals surface area contributed by atoms with Crippen molar-refractivity contribution in [2.24, 2.45) is 0 Å². The Labute approximate surface area is 110 Å². The summed E-state index contributed by atoms with van der Waals surface area (Å²) in [5, 5.41) is 0.685. The summed E-state index contributed by atoms with van der Waals surface area (Å²) < 4.78 is 25.2. The minimum atomic E-state index is -3.17. The van der Waals surface area contributed by atoms with Crippen molar-refractivity contribution in [3.8, 4) is 0 Å². The van der Waals surface area contributed by atoms with Gasteiger partial charge in [-0.15, -0.1) is 0 Å². The molecule has 5 heteroatoms. The molecule has 1 rings (SSSR count). The Bertz CT molecular complexity index is 387. The third-order valence-electron chi connectivity index (χ3n) is 2.71. The monoisotopic (exact) mass is 324 g/mol. The number of rotatable bonds is 5. The average molecular weight is 323 g/mol. The Hall–Kier alpha value is 0.149. The molecule has 0 radical (unpaired) electrons. The maximum absolute atomic E-state index is 12.8. The van der Waals surface area contributed by atoms with Gasteiger partial charge in [-0.3, -0.25) is 0 Å². The van der Waals surface area contributed by atoms with E-state index in [4.69, 9.17) is 9.05 Å². The van der Waals surface area contributed by atoms with Crippen molar-refractivity contribution < 1.29 is 13.6 Å². The van der Waals surface area contributed by atoms with Crippen molar-refractivity contribution in [2.75, 3.05) is 0 Å². The Balaban J connectivity index is 3.16. The zero-order chi connectivity index (χ0) is 13.3. The van der Waals surface area contributed by atoms with E-state index in [2.05, 4.69) is 12.4 Å².